The second-order valence-electron chi connectivity index (χ2n) is 7.14. The molecule has 0 bridgehead atoms. The molecule has 2 aliphatic heterocycles. The van der Waals surface area contributed by atoms with Crippen molar-refractivity contribution in [3.63, 3.8) is 0 Å². The van der Waals surface area contributed by atoms with E-state index in [9.17, 15) is 4.79 Å². The maximum atomic E-state index is 12.6. The summed E-state index contributed by atoms with van der Waals surface area (Å²) in [5.41, 5.74) is 0.825. The average molecular weight is 543 g/mol. The van der Waals surface area contributed by atoms with Crippen molar-refractivity contribution in [1.82, 2.24) is 5.01 Å². The lowest BCUT2D eigenvalue weighted by Crippen LogP contribution is -2.35. The number of halogens is 1. The first-order chi connectivity index (χ1) is 16.5. The summed E-state index contributed by atoms with van der Waals surface area (Å²) in [6, 6.07) is 13.1. The van der Waals surface area contributed by atoms with Gasteiger partial charge in [0, 0.05) is 0 Å². The minimum atomic E-state index is -0.469. The van der Waals surface area contributed by atoms with E-state index in [0.29, 0.717) is 52.9 Å². The average Bonchev–Trinajstić information content (AvgIpc) is 3.25. The lowest BCUT2D eigenvalue weighted by atomic mass is 10.1. The third kappa shape index (κ3) is 5.34. The number of rotatable bonds is 9. The van der Waals surface area contributed by atoms with Gasteiger partial charge in [-0.15, -0.1) is 0 Å². The zero-order valence-electron chi connectivity index (χ0n) is 18.7. The predicted octanol–water partition coefficient (Wildman–Crippen LogP) is 5.33. The molecule has 34 heavy (non-hydrogen) atoms. The molecule has 0 unspecified atom stereocenters. The normalized spacial score (nSPS) is 16.3. The van der Waals surface area contributed by atoms with Crippen molar-refractivity contribution < 1.29 is 19.0 Å². The minimum Gasteiger partial charge on any atom is -0.490 e. The van der Waals surface area contributed by atoms with Gasteiger partial charge in [-0.1, -0.05) is 25.1 Å². The Balaban J connectivity index is 1.53. The van der Waals surface area contributed by atoms with Gasteiger partial charge in [0.05, 0.1) is 16.7 Å². The molecule has 8 nitrogen and oxygen atoms in total. The number of fused-ring (bicyclic) bond motifs is 1. The van der Waals surface area contributed by atoms with Crippen molar-refractivity contribution in [3.05, 3.63) is 58.1 Å². The summed E-state index contributed by atoms with van der Waals surface area (Å²) in [5.74, 6) is 1.36. The quantitative estimate of drug-likeness (QED) is 0.339. The first kappa shape index (κ1) is 24.0. The lowest BCUT2D eigenvalue weighted by Gasteiger charge is -2.20. The highest BCUT2D eigenvalue weighted by Crippen LogP contribution is 2.38. The van der Waals surface area contributed by atoms with Crippen LogP contribution in [-0.4, -0.2) is 46.8 Å². The summed E-state index contributed by atoms with van der Waals surface area (Å²) in [6.45, 7) is 4.97. The molecule has 1 N–H and O–H groups in total. The minimum absolute atomic E-state index is 0.00146. The number of amides is 1. The van der Waals surface area contributed by atoms with E-state index in [0.717, 1.165) is 10.8 Å². The lowest BCUT2D eigenvalue weighted by molar-refractivity contribution is -0.114. The van der Waals surface area contributed by atoms with Crippen molar-refractivity contribution >= 4 is 55.7 Å². The fourth-order valence-corrected chi connectivity index (χ4v) is 4.63. The fourth-order valence-electron chi connectivity index (χ4n) is 3.24. The number of hydrazone groups is 1. The number of ether oxygens (including phenoxy) is 3. The SMILES string of the molecule is CCOc1cc(/C=C2\C(=N)N3N=C(CC)SC3=NC2=O)cc(Br)c1OCCOc1ccccc1. The third-order valence-corrected chi connectivity index (χ3v) is 6.42. The molecule has 0 aromatic heterocycles. The molecular formula is C24H23BrN4O4S. The van der Waals surface area contributed by atoms with Crippen molar-refractivity contribution in [3.8, 4) is 17.2 Å². The zero-order valence-corrected chi connectivity index (χ0v) is 21.1. The second-order valence-corrected chi connectivity index (χ2v) is 9.04. The van der Waals surface area contributed by atoms with Gasteiger partial charge in [-0.05, 0) is 76.9 Å². The number of nitrogens with zero attached hydrogens (tertiary/aromatic N) is 3. The van der Waals surface area contributed by atoms with Crippen LogP contribution in [0.1, 0.15) is 25.8 Å². The molecule has 2 aromatic rings. The Hall–Kier alpha value is -3.11. The van der Waals surface area contributed by atoms with E-state index in [1.807, 2.05) is 50.2 Å². The maximum Gasteiger partial charge on any atom is 0.283 e. The van der Waals surface area contributed by atoms with E-state index >= 15 is 0 Å². The predicted molar refractivity (Wildman–Crippen MR) is 138 cm³/mol. The van der Waals surface area contributed by atoms with Crippen molar-refractivity contribution in [1.29, 1.82) is 5.41 Å². The smallest absolute Gasteiger partial charge is 0.283 e. The molecule has 176 valence electrons. The van der Waals surface area contributed by atoms with Crippen LogP contribution in [0.15, 0.2) is 62.6 Å². The largest absolute Gasteiger partial charge is 0.490 e. The van der Waals surface area contributed by atoms with Crippen molar-refractivity contribution in [2.75, 3.05) is 19.8 Å². The summed E-state index contributed by atoms with van der Waals surface area (Å²) >= 11 is 4.86. The number of carbonyl (C=O) groups is 1. The Kier molecular flexibility index (Phi) is 7.69. The molecule has 2 aromatic carbocycles. The second kappa shape index (κ2) is 10.9. The molecule has 4 rings (SSSR count). The van der Waals surface area contributed by atoms with Gasteiger partial charge in [0.2, 0.25) is 5.17 Å². The number of amidine groups is 2. The van der Waals surface area contributed by atoms with Crippen molar-refractivity contribution in [2.45, 2.75) is 20.3 Å². The number of para-hydroxylation sites is 1. The monoisotopic (exact) mass is 542 g/mol. The number of hydrogen-bond acceptors (Lipinski definition) is 7. The number of thioether (sulfide) groups is 1. The van der Waals surface area contributed by atoms with Crippen LogP contribution in [0.25, 0.3) is 6.08 Å². The van der Waals surface area contributed by atoms with Gasteiger partial charge in [-0.2, -0.15) is 15.1 Å². The van der Waals surface area contributed by atoms with E-state index < -0.39 is 5.91 Å². The zero-order chi connectivity index (χ0) is 24.1. The molecular weight excluding hydrogens is 520 g/mol. The van der Waals surface area contributed by atoms with Crippen LogP contribution >= 0.6 is 27.7 Å². The Bertz CT molecular complexity index is 1200. The molecule has 10 heteroatoms. The Morgan fingerprint density at radius 2 is 1.88 bits per heavy atom. The summed E-state index contributed by atoms with van der Waals surface area (Å²) in [6.07, 6.45) is 2.33. The maximum absolute atomic E-state index is 12.6. The topological polar surface area (TPSA) is 96.6 Å². The van der Waals surface area contributed by atoms with E-state index in [1.165, 1.54) is 16.8 Å². The summed E-state index contributed by atoms with van der Waals surface area (Å²) < 4.78 is 18.1. The van der Waals surface area contributed by atoms with Gasteiger partial charge in [-0.3, -0.25) is 10.2 Å². The van der Waals surface area contributed by atoms with Crippen LogP contribution in [0.5, 0.6) is 17.2 Å². The van der Waals surface area contributed by atoms with Crippen LogP contribution in [0.3, 0.4) is 0 Å². The summed E-state index contributed by atoms with van der Waals surface area (Å²) in [5, 5.41) is 15.5. The highest BCUT2D eigenvalue weighted by molar-refractivity contribution is 9.10. The van der Waals surface area contributed by atoms with Crippen molar-refractivity contribution in [2.24, 2.45) is 10.1 Å². The van der Waals surface area contributed by atoms with Gasteiger partial charge in [0.1, 0.15) is 24.0 Å². The molecule has 2 heterocycles. The highest BCUT2D eigenvalue weighted by atomic mass is 79.9. The standard InChI is InChI=1S/C24H23BrN4O4S/c1-3-20-28-29-22(26)17(23(30)27-24(29)34-20)12-15-13-18(25)21(19(14-15)31-4-2)33-11-10-32-16-8-6-5-7-9-16/h5-9,12-14,26H,3-4,10-11H2,1-2H3/b17-12+,26-22?. The number of hydrogen-bond donors (Lipinski definition) is 1. The first-order valence-electron chi connectivity index (χ1n) is 10.8. The van der Waals surface area contributed by atoms with Crippen LogP contribution in [0.2, 0.25) is 0 Å². The van der Waals surface area contributed by atoms with Crippen LogP contribution in [0.4, 0.5) is 0 Å². The summed E-state index contributed by atoms with van der Waals surface area (Å²) in [4.78, 5) is 16.7. The third-order valence-electron chi connectivity index (χ3n) is 4.78. The molecule has 1 amide bonds. The van der Waals surface area contributed by atoms with Gasteiger partial charge in [0.25, 0.3) is 5.91 Å². The number of nitrogens with one attached hydrogen (secondary N) is 1. The molecule has 0 atom stereocenters. The highest BCUT2D eigenvalue weighted by Gasteiger charge is 2.35. The molecule has 0 saturated carbocycles. The Morgan fingerprint density at radius 3 is 2.62 bits per heavy atom. The fraction of sp³-hybridized carbons (Fsp3) is 0.250. The Morgan fingerprint density at radius 1 is 1.12 bits per heavy atom. The number of benzene rings is 2. The molecule has 2 aliphatic rings. The molecule has 0 aliphatic carbocycles. The summed E-state index contributed by atoms with van der Waals surface area (Å²) in [7, 11) is 0. The van der Waals surface area contributed by atoms with Gasteiger partial charge in [-0.25, -0.2) is 0 Å². The van der Waals surface area contributed by atoms with Gasteiger partial charge in [0.15, 0.2) is 17.3 Å². The van der Waals surface area contributed by atoms with E-state index in [1.54, 1.807) is 12.1 Å². The van der Waals surface area contributed by atoms with Crippen LogP contribution in [0, 0.1) is 5.41 Å². The van der Waals surface area contributed by atoms with Gasteiger partial charge >= 0.3 is 0 Å². The molecule has 0 spiro atoms. The molecule has 0 fully saturated rings. The Labute approximate surface area is 210 Å². The number of aliphatic imine (C=N–C) groups is 1. The number of carbonyl (C=O) groups excluding carboxylic acids is 1. The van der Waals surface area contributed by atoms with E-state index in [-0.39, 0.29) is 11.4 Å². The molecule has 0 radical (unpaired) electrons. The van der Waals surface area contributed by atoms with Gasteiger partial charge < -0.3 is 14.2 Å². The van der Waals surface area contributed by atoms with Crippen LogP contribution < -0.4 is 14.2 Å². The van der Waals surface area contributed by atoms with Crippen LogP contribution in [-0.2, 0) is 4.79 Å². The first-order valence-corrected chi connectivity index (χ1v) is 12.4. The van der Waals surface area contributed by atoms with E-state index in [2.05, 4.69) is 26.0 Å². The molecule has 0 saturated heterocycles. The van der Waals surface area contributed by atoms with E-state index in [4.69, 9.17) is 19.6 Å².